The third kappa shape index (κ3) is 2.55. The molecular weight excluding hydrogens is 258 g/mol. The molecule has 3 atom stereocenters. The van der Waals surface area contributed by atoms with E-state index in [0.29, 0.717) is 19.0 Å². The lowest BCUT2D eigenvalue weighted by Crippen LogP contribution is -2.51. The van der Waals surface area contributed by atoms with Crippen LogP contribution in [0.25, 0.3) is 0 Å². The number of nitrogens with zero attached hydrogens (tertiary/aromatic N) is 4. The number of hydrogen-bond donors (Lipinski definition) is 2. The van der Waals surface area contributed by atoms with Crippen molar-refractivity contribution >= 4 is 5.91 Å². The van der Waals surface area contributed by atoms with Crippen molar-refractivity contribution in [2.24, 2.45) is 5.73 Å². The average molecular weight is 281 g/mol. The van der Waals surface area contributed by atoms with Gasteiger partial charge >= 0.3 is 0 Å². The lowest BCUT2D eigenvalue weighted by molar-refractivity contribution is -0.136. The second-order valence-corrected chi connectivity index (χ2v) is 5.83. The molecule has 2 heterocycles. The highest BCUT2D eigenvalue weighted by atomic mass is 16.3. The Morgan fingerprint density at radius 3 is 2.60 bits per heavy atom. The molecule has 112 valence electrons. The largest absolute Gasteiger partial charge is 0.391 e. The van der Waals surface area contributed by atoms with E-state index < -0.39 is 12.1 Å². The molecule has 1 aromatic heterocycles. The van der Waals surface area contributed by atoms with Gasteiger partial charge in [0.25, 0.3) is 0 Å². The summed E-state index contributed by atoms with van der Waals surface area (Å²) >= 11 is 0. The van der Waals surface area contributed by atoms with Gasteiger partial charge in [0.05, 0.1) is 18.7 Å². The van der Waals surface area contributed by atoms with E-state index in [4.69, 9.17) is 5.73 Å². The second-order valence-electron chi connectivity index (χ2n) is 5.83. The van der Waals surface area contributed by atoms with Crippen molar-refractivity contribution in [2.75, 3.05) is 6.54 Å². The minimum absolute atomic E-state index is 0.108. The van der Waals surface area contributed by atoms with Crippen LogP contribution in [-0.4, -0.2) is 49.4 Å². The lowest BCUT2D eigenvalue weighted by Gasteiger charge is -2.34. The zero-order chi connectivity index (χ0) is 15.0. The zero-order valence-corrected chi connectivity index (χ0v) is 12.4. The van der Waals surface area contributed by atoms with E-state index in [2.05, 4.69) is 28.6 Å². The Morgan fingerprint density at radius 2 is 2.05 bits per heavy atom. The predicted molar refractivity (Wildman–Crippen MR) is 73.9 cm³/mol. The molecule has 0 aliphatic carbocycles. The number of rotatable bonds is 3. The number of aliphatic hydroxyl groups is 1. The van der Waals surface area contributed by atoms with E-state index >= 15 is 0 Å². The first-order chi connectivity index (χ1) is 9.32. The van der Waals surface area contributed by atoms with Crippen LogP contribution in [0.1, 0.15) is 51.3 Å². The van der Waals surface area contributed by atoms with E-state index in [1.54, 1.807) is 4.90 Å². The van der Waals surface area contributed by atoms with Crippen LogP contribution in [0.4, 0.5) is 0 Å². The maximum Gasteiger partial charge on any atom is 0.242 e. The van der Waals surface area contributed by atoms with Crippen LogP contribution in [-0.2, 0) is 11.3 Å². The monoisotopic (exact) mass is 281 g/mol. The summed E-state index contributed by atoms with van der Waals surface area (Å²) in [5.74, 6) is 1.77. The molecule has 20 heavy (non-hydrogen) atoms. The van der Waals surface area contributed by atoms with Crippen LogP contribution >= 0.6 is 0 Å². The molecule has 0 saturated carbocycles. The molecule has 1 aliphatic heterocycles. The quantitative estimate of drug-likeness (QED) is 0.813. The molecule has 7 heteroatoms. The summed E-state index contributed by atoms with van der Waals surface area (Å²) in [4.78, 5) is 13.9. The zero-order valence-electron chi connectivity index (χ0n) is 12.4. The predicted octanol–water partition coefficient (Wildman–Crippen LogP) is 0.0128. The summed E-state index contributed by atoms with van der Waals surface area (Å²) < 4.78 is 2.10. The van der Waals surface area contributed by atoms with Gasteiger partial charge in [-0.25, -0.2) is 0 Å². The van der Waals surface area contributed by atoms with Crippen molar-refractivity contribution in [1.29, 1.82) is 0 Å². The second kappa shape index (κ2) is 5.49. The summed E-state index contributed by atoms with van der Waals surface area (Å²) in [6, 6.07) is -0.780. The highest BCUT2D eigenvalue weighted by Gasteiger charge is 2.32. The maximum absolute atomic E-state index is 12.2. The van der Waals surface area contributed by atoms with Gasteiger partial charge in [-0.1, -0.05) is 13.8 Å². The van der Waals surface area contributed by atoms with Crippen molar-refractivity contribution < 1.29 is 9.90 Å². The summed E-state index contributed by atoms with van der Waals surface area (Å²) in [5, 5.41) is 17.9. The summed E-state index contributed by atoms with van der Waals surface area (Å²) in [6.45, 7) is 8.66. The number of carbonyl (C=O) groups excluding carboxylic acids is 1. The molecule has 0 radical (unpaired) electrons. The molecule has 0 saturated heterocycles. The number of amides is 1. The van der Waals surface area contributed by atoms with Crippen molar-refractivity contribution in [1.82, 2.24) is 19.7 Å². The van der Waals surface area contributed by atoms with E-state index in [-0.39, 0.29) is 11.9 Å². The summed E-state index contributed by atoms with van der Waals surface area (Å²) in [7, 11) is 0. The molecule has 7 nitrogen and oxygen atoms in total. The SMILES string of the molecule is CC(C)c1nnc2n1[C@@H](C)CN(C(=O)[C@@H](N)[C@@H](C)O)C2. The fraction of sp³-hybridized carbons (Fsp3) is 0.769. The molecule has 2 rings (SSSR count). The Kier molecular flexibility index (Phi) is 4.10. The number of carbonyl (C=O) groups is 1. The molecule has 0 unspecified atom stereocenters. The van der Waals surface area contributed by atoms with E-state index in [9.17, 15) is 9.90 Å². The minimum Gasteiger partial charge on any atom is -0.391 e. The molecule has 0 bridgehead atoms. The van der Waals surface area contributed by atoms with Gasteiger partial charge in [-0.15, -0.1) is 10.2 Å². The van der Waals surface area contributed by atoms with Gasteiger partial charge in [0, 0.05) is 12.5 Å². The molecule has 0 aromatic carbocycles. The van der Waals surface area contributed by atoms with E-state index in [1.807, 2.05) is 6.92 Å². The van der Waals surface area contributed by atoms with Crippen molar-refractivity contribution in [3.63, 3.8) is 0 Å². The lowest BCUT2D eigenvalue weighted by atomic mass is 10.1. The Balaban J connectivity index is 2.22. The van der Waals surface area contributed by atoms with Crippen LogP contribution in [0, 0.1) is 0 Å². The number of fused-ring (bicyclic) bond motifs is 1. The van der Waals surface area contributed by atoms with Gasteiger partial charge in [0.2, 0.25) is 5.91 Å². The highest BCUT2D eigenvalue weighted by Crippen LogP contribution is 2.25. The first-order valence-electron chi connectivity index (χ1n) is 6.99. The first kappa shape index (κ1) is 14.9. The fourth-order valence-corrected chi connectivity index (χ4v) is 2.54. The molecular formula is C13H23N5O2. The molecule has 0 fully saturated rings. The summed E-state index contributed by atoms with van der Waals surface area (Å²) in [6.07, 6.45) is -0.858. The van der Waals surface area contributed by atoms with Gasteiger partial charge in [0.1, 0.15) is 11.9 Å². The minimum atomic E-state index is -0.888. The third-order valence-electron chi connectivity index (χ3n) is 3.68. The van der Waals surface area contributed by atoms with Crippen molar-refractivity contribution in [3.8, 4) is 0 Å². The Hall–Kier alpha value is -1.47. The van der Waals surface area contributed by atoms with Crippen molar-refractivity contribution in [3.05, 3.63) is 11.6 Å². The normalized spacial score (nSPS) is 21.8. The number of hydrogen-bond acceptors (Lipinski definition) is 5. The molecule has 0 spiro atoms. The van der Waals surface area contributed by atoms with Gasteiger partial charge in [-0.05, 0) is 13.8 Å². The Labute approximate surface area is 118 Å². The van der Waals surface area contributed by atoms with E-state index in [1.165, 1.54) is 6.92 Å². The van der Waals surface area contributed by atoms with Crippen LogP contribution in [0.15, 0.2) is 0 Å². The molecule has 1 aliphatic rings. The Bertz CT molecular complexity index is 497. The number of nitrogens with two attached hydrogens (primary N) is 1. The van der Waals surface area contributed by atoms with Gasteiger partial charge < -0.3 is 20.3 Å². The van der Waals surface area contributed by atoms with Gasteiger partial charge in [-0.3, -0.25) is 4.79 Å². The summed E-state index contributed by atoms with van der Waals surface area (Å²) in [5.41, 5.74) is 5.73. The van der Waals surface area contributed by atoms with Gasteiger partial charge in [-0.2, -0.15) is 0 Å². The average Bonchev–Trinajstić information content (AvgIpc) is 2.81. The van der Waals surface area contributed by atoms with Crippen LogP contribution in [0.3, 0.4) is 0 Å². The van der Waals surface area contributed by atoms with Crippen LogP contribution in [0.5, 0.6) is 0 Å². The van der Waals surface area contributed by atoms with Crippen LogP contribution < -0.4 is 5.73 Å². The van der Waals surface area contributed by atoms with Crippen LogP contribution in [0.2, 0.25) is 0 Å². The van der Waals surface area contributed by atoms with Crippen molar-refractivity contribution in [2.45, 2.75) is 58.3 Å². The molecule has 1 amide bonds. The number of aromatic nitrogens is 3. The smallest absolute Gasteiger partial charge is 0.242 e. The number of aliphatic hydroxyl groups excluding tert-OH is 1. The topological polar surface area (TPSA) is 97.3 Å². The standard InChI is InChI=1S/C13H23N5O2/c1-7(2)12-16-15-10-6-17(5-8(3)18(10)12)13(20)11(14)9(4)19/h7-9,11,19H,5-6,14H2,1-4H3/t8-,9+,11-/m0/s1. The van der Waals surface area contributed by atoms with E-state index in [0.717, 1.165) is 11.6 Å². The fourth-order valence-electron chi connectivity index (χ4n) is 2.54. The Morgan fingerprint density at radius 1 is 1.40 bits per heavy atom. The molecule has 3 N–H and O–H groups in total. The third-order valence-corrected chi connectivity index (χ3v) is 3.68. The van der Waals surface area contributed by atoms with Gasteiger partial charge in [0.15, 0.2) is 5.82 Å². The molecule has 1 aromatic rings. The first-order valence-corrected chi connectivity index (χ1v) is 6.99. The highest BCUT2D eigenvalue weighted by molar-refractivity contribution is 5.82. The maximum atomic E-state index is 12.2.